The molecule has 33 heavy (non-hydrogen) atoms. The molecule has 0 atom stereocenters. The highest BCUT2D eigenvalue weighted by Gasteiger charge is 2.16. The van der Waals surface area contributed by atoms with Crippen LogP contribution in [-0.4, -0.2) is 26.8 Å². The van der Waals surface area contributed by atoms with Gasteiger partial charge in [-0.25, -0.2) is 8.42 Å². The van der Waals surface area contributed by atoms with Gasteiger partial charge < -0.3 is 10.6 Å². The standard InChI is InChI=1S/C24H24ClN3O4S/c1-15-7-12-20(13-16(15)2)33(31,32)28-19-10-8-18(9-11-19)24(30)26-14-23(29)27-22-6-4-5-21(25)17(22)3/h4-13,28H,14H2,1-3H3,(H,26,30)(H,27,29). The molecule has 0 aliphatic heterocycles. The molecule has 0 radical (unpaired) electrons. The Balaban J connectivity index is 1.59. The molecule has 3 aromatic carbocycles. The van der Waals surface area contributed by atoms with Gasteiger partial charge in [0.05, 0.1) is 11.4 Å². The van der Waals surface area contributed by atoms with Crippen LogP contribution >= 0.6 is 11.6 Å². The molecule has 0 saturated carbocycles. The monoisotopic (exact) mass is 485 g/mol. The predicted molar refractivity (Wildman–Crippen MR) is 130 cm³/mol. The van der Waals surface area contributed by atoms with Gasteiger partial charge in [0.1, 0.15) is 0 Å². The molecule has 0 spiro atoms. The second-order valence-corrected chi connectivity index (χ2v) is 9.66. The SMILES string of the molecule is Cc1ccc(S(=O)(=O)Nc2ccc(C(=O)NCC(=O)Nc3cccc(Cl)c3C)cc2)cc1C. The zero-order chi connectivity index (χ0) is 24.2. The minimum absolute atomic E-state index is 0.161. The number of carbonyl (C=O) groups excluding carboxylic acids is 2. The van der Waals surface area contributed by atoms with Crippen LogP contribution in [0.25, 0.3) is 0 Å². The third-order valence-corrected chi connectivity index (χ3v) is 6.93. The number of halogens is 1. The maximum atomic E-state index is 12.6. The molecule has 0 aliphatic carbocycles. The number of carbonyl (C=O) groups is 2. The second kappa shape index (κ2) is 10.1. The van der Waals surface area contributed by atoms with Crippen LogP contribution in [0.1, 0.15) is 27.0 Å². The van der Waals surface area contributed by atoms with Crippen LogP contribution < -0.4 is 15.4 Å². The minimum Gasteiger partial charge on any atom is -0.343 e. The fourth-order valence-corrected chi connectivity index (χ4v) is 4.30. The normalized spacial score (nSPS) is 11.0. The molecule has 3 aromatic rings. The first-order chi connectivity index (χ1) is 15.6. The van der Waals surface area contributed by atoms with E-state index >= 15 is 0 Å². The lowest BCUT2D eigenvalue weighted by Gasteiger charge is -2.11. The lowest BCUT2D eigenvalue weighted by atomic mass is 10.1. The predicted octanol–water partition coefficient (Wildman–Crippen LogP) is 4.43. The average molecular weight is 486 g/mol. The van der Waals surface area contributed by atoms with Gasteiger partial charge in [0.25, 0.3) is 15.9 Å². The van der Waals surface area contributed by atoms with Crippen molar-refractivity contribution in [3.05, 3.63) is 87.9 Å². The summed E-state index contributed by atoms with van der Waals surface area (Å²) in [6.45, 7) is 5.31. The first-order valence-corrected chi connectivity index (χ1v) is 12.0. The summed E-state index contributed by atoms with van der Waals surface area (Å²) in [6.07, 6.45) is 0. The Morgan fingerprint density at radius 3 is 2.27 bits per heavy atom. The first kappa shape index (κ1) is 24.3. The molecule has 0 unspecified atom stereocenters. The van der Waals surface area contributed by atoms with E-state index in [9.17, 15) is 18.0 Å². The third-order valence-electron chi connectivity index (χ3n) is 5.14. The van der Waals surface area contributed by atoms with Crippen molar-refractivity contribution in [1.82, 2.24) is 5.32 Å². The number of nitrogens with one attached hydrogen (secondary N) is 3. The maximum Gasteiger partial charge on any atom is 0.261 e. The van der Waals surface area contributed by atoms with Crippen LogP contribution in [0.3, 0.4) is 0 Å². The van der Waals surface area contributed by atoms with Gasteiger partial charge >= 0.3 is 0 Å². The fraction of sp³-hybridized carbons (Fsp3) is 0.167. The van der Waals surface area contributed by atoms with E-state index in [1.807, 2.05) is 13.8 Å². The highest BCUT2D eigenvalue weighted by Crippen LogP contribution is 2.23. The molecule has 0 aromatic heterocycles. The van der Waals surface area contributed by atoms with Crippen LogP contribution in [0.4, 0.5) is 11.4 Å². The van der Waals surface area contributed by atoms with Crippen molar-refractivity contribution in [1.29, 1.82) is 0 Å². The van der Waals surface area contributed by atoms with E-state index in [0.717, 1.165) is 16.7 Å². The van der Waals surface area contributed by atoms with Crippen molar-refractivity contribution >= 4 is 44.8 Å². The van der Waals surface area contributed by atoms with Crippen molar-refractivity contribution < 1.29 is 18.0 Å². The van der Waals surface area contributed by atoms with Gasteiger partial charge in [-0.2, -0.15) is 0 Å². The Labute approximate surface area is 198 Å². The number of hydrogen-bond acceptors (Lipinski definition) is 4. The number of aryl methyl sites for hydroxylation is 2. The summed E-state index contributed by atoms with van der Waals surface area (Å²) in [5.41, 5.74) is 3.79. The molecule has 172 valence electrons. The van der Waals surface area contributed by atoms with Crippen LogP contribution in [0.5, 0.6) is 0 Å². The van der Waals surface area contributed by atoms with E-state index in [0.29, 0.717) is 16.4 Å². The van der Waals surface area contributed by atoms with E-state index in [2.05, 4.69) is 15.4 Å². The smallest absolute Gasteiger partial charge is 0.261 e. The molecule has 0 aliphatic rings. The molecule has 3 N–H and O–H groups in total. The summed E-state index contributed by atoms with van der Waals surface area (Å²) in [5.74, 6) is -0.858. The zero-order valence-corrected chi connectivity index (χ0v) is 20.0. The van der Waals surface area contributed by atoms with Crippen LogP contribution in [0.2, 0.25) is 5.02 Å². The van der Waals surface area contributed by atoms with Gasteiger partial charge in [-0.15, -0.1) is 0 Å². The highest BCUT2D eigenvalue weighted by atomic mass is 35.5. The number of hydrogen-bond donors (Lipinski definition) is 3. The van der Waals surface area contributed by atoms with Crippen molar-refractivity contribution in [2.24, 2.45) is 0 Å². The van der Waals surface area contributed by atoms with Gasteiger partial charge in [-0.1, -0.05) is 23.7 Å². The lowest BCUT2D eigenvalue weighted by Crippen LogP contribution is -2.33. The summed E-state index contributed by atoms with van der Waals surface area (Å²) in [7, 11) is -3.76. The van der Waals surface area contributed by atoms with E-state index in [-0.39, 0.29) is 17.0 Å². The van der Waals surface area contributed by atoms with Gasteiger partial charge in [-0.3, -0.25) is 14.3 Å². The fourth-order valence-electron chi connectivity index (χ4n) is 2.98. The molecule has 7 nitrogen and oxygen atoms in total. The number of amides is 2. The second-order valence-electron chi connectivity index (χ2n) is 7.57. The van der Waals surface area contributed by atoms with Crippen LogP contribution in [0.15, 0.2) is 65.6 Å². The van der Waals surface area contributed by atoms with E-state index in [1.54, 1.807) is 43.3 Å². The molecule has 0 heterocycles. The van der Waals surface area contributed by atoms with Crippen molar-refractivity contribution in [2.75, 3.05) is 16.6 Å². The molecule has 2 amide bonds. The summed E-state index contributed by atoms with van der Waals surface area (Å²) >= 11 is 6.04. The Kier molecular flexibility index (Phi) is 7.40. The van der Waals surface area contributed by atoms with E-state index in [1.165, 1.54) is 24.3 Å². The largest absolute Gasteiger partial charge is 0.343 e. The lowest BCUT2D eigenvalue weighted by molar-refractivity contribution is -0.115. The summed E-state index contributed by atoms with van der Waals surface area (Å²) < 4.78 is 27.7. The first-order valence-electron chi connectivity index (χ1n) is 10.1. The third kappa shape index (κ3) is 6.12. The van der Waals surface area contributed by atoms with Gasteiger partial charge in [0, 0.05) is 22.0 Å². The Hall–Kier alpha value is -3.36. The average Bonchev–Trinajstić information content (AvgIpc) is 2.77. The minimum atomic E-state index is -3.76. The van der Waals surface area contributed by atoms with E-state index in [4.69, 9.17) is 11.6 Å². The van der Waals surface area contributed by atoms with Crippen LogP contribution in [0, 0.1) is 20.8 Å². The van der Waals surface area contributed by atoms with Crippen molar-refractivity contribution in [3.63, 3.8) is 0 Å². The molecule has 9 heteroatoms. The number of sulfonamides is 1. The molecular weight excluding hydrogens is 462 g/mol. The van der Waals surface area contributed by atoms with E-state index < -0.39 is 21.8 Å². The number of rotatable bonds is 7. The Morgan fingerprint density at radius 1 is 0.909 bits per heavy atom. The number of benzene rings is 3. The summed E-state index contributed by atoms with van der Waals surface area (Å²) in [6, 6.07) is 16.0. The molecule has 0 saturated heterocycles. The van der Waals surface area contributed by atoms with Gasteiger partial charge in [0.15, 0.2) is 0 Å². The highest BCUT2D eigenvalue weighted by molar-refractivity contribution is 7.92. The molecule has 0 fully saturated rings. The van der Waals surface area contributed by atoms with Crippen LogP contribution in [-0.2, 0) is 14.8 Å². The number of anilines is 2. The summed E-state index contributed by atoms with van der Waals surface area (Å²) in [5, 5.41) is 5.77. The molecular formula is C24H24ClN3O4S. The summed E-state index contributed by atoms with van der Waals surface area (Å²) in [4.78, 5) is 24.7. The van der Waals surface area contributed by atoms with Crippen molar-refractivity contribution in [2.45, 2.75) is 25.7 Å². The quantitative estimate of drug-likeness (QED) is 0.460. The Bertz CT molecular complexity index is 1310. The zero-order valence-electron chi connectivity index (χ0n) is 18.4. The van der Waals surface area contributed by atoms with Crippen molar-refractivity contribution in [3.8, 4) is 0 Å². The maximum absolute atomic E-state index is 12.6. The van der Waals surface area contributed by atoms with Gasteiger partial charge in [0.2, 0.25) is 5.91 Å². The molecule has 3 rings (SSSR count). The van der Waals surface area contributed by atoms with Gasteiger partial charge in [-0.05, 0) is 86.0 Å². The topological polar surface area (TPSA) is 104 Å². The molecule has 0 bridgehead atoms. The Morgan fingerprint density at radius 2 is 1.61 bits per heavy atom.